The van der Waals surface area contributed by atoms with Gasteiger partial charge in [0.15, 0.2) is 0 Å². The van der Waals surface area contributed by atoms with Gasteiger partial charge < -0.3 is 5.32 Å². The summed E-state index contributed by atoms with van der Waals surface area (Å²) >= 11 is 6.03. The molecule has 0 unspecified atom stereocenters. The lowest BCUT2D eigenvalue weighted by molar-refractivity contribution is 0.0937. The van der Waals surface area contributed by atoms with Crippen LogP contribution >= 0.6 is 11.6 Å². The van der Waals surface area contributed by atoms with E-state index < -0.39 is 0 Å². The molecule has 2 heterocycles. The van der Waals surface area contributed by atoms with Crippen molar-refractivity contribution in [2.75, 3.05) is 19.6 Å². The molecule has 1 aliphatic heterocycles. The molecular formula is C20H23ClN4O. The maximum absolute atomic E-state index is 12.5. The van der Waals surface area contributed by atoms with Gasteiger partial charge in [-0.15, -0.1) is 0 Å². The van der Waals surface area contributed by atoms with Crippen LogP contribution in [0.2, 0.25) is 5.02 Å². The maximum atomic E-state index is 12.5. The summed E-state index contributed by atoms with van der Waals surface area (Å²) in [6, 6.07) is 8.07. The van der Waals surface area contributed by atoms with Crippen molar-refractivity contribution in [3.8, 4) is 0 Å². The first-order chi connectivity index (χ1) is 12.7. The molecule has 1 aromatic carbocycles. The fourth-order valence-corrected chi connectivity index (χ4v) is 3.62. The van der Waals surface area contributed by atoms with Crippen LogP contribution in [0.5, 0.6) is 0 Å². The second-order valence-electron chi connectivity index (χ2n) is 7.12. The van der Waals surface area contributed by atoms with E-state index in [0.29, 0.717) is 18.0 Å². The Kier molecular flexibility index (Phi) is 5.18. The number of likely N-dealkylation sites (tertiary alicyclic amines) is 1. The van der Waals surface area contributed by atoms with Crippen molar-refractivity contribution in [1.82, 2.24) is 20.2 Å². The Hall–Kier alpha value is -1.98. The van der Waals surface area contributed by atoms with E-state index in [0.717, 1.165) is 36.8 Å². The molecule has 2 aliphatic rings. The minimum Gasteiger partial charge on any atom is -0.350 e. The first-order valence-electron chi connectivity index (χ1n) is 9.30. The van der Waals surface area contributed by atoms with E-state index in [-0.39, 0.29) is 11.9 Å². The van der Waals surface area contributed by atoms with E-state index in [2.05, 4.69) is 20.2 Å². The van der Waals surface area contributed by atoms with Crippen molar-refractivity contribution < 1.29 is 4.79 Å². The van der Waals surface area contributed by atoms with Gasteiger partial charge in [0.25, 0.3) is 5.91 Å². The molecule has 0 bridgehead atoms. The number of benzene rings is 1. The van der Waals surface area contributed by atoms with Crippen molar-refractivity contribution in [1.29, 1.82) is 0 Å². The minimum atomic E-state index is -0.120. The number of rotatable bonds is 6. The Morgan fingerprint density at radius 1 is 1.15 bits per heavy atom. The van der Waals surface area contributed by atoms with Crippen molar-refractivity contribution in [3.05, 3.63) is 58.6 Å². The number of amides is 1. The highest BCUT2D eigenvalue weighted by atomic mass is 35.5. The van der Waals surface area contributed by atoms with Crippen molar-refractivity contribution in [3.63, 3.8) is 0 Å². The lowest BCUT2D eigenvalue weighted by Gasteiger charge is -2.28. The number of hydrogen-bond acceptors (Lipinski definition) is 4. The first-order valence-corrected chi connectivity index (χ1v) is 9.68. The lowest BCUT2D eigenvalue weighted by atomic mass is 10.1. The number of aromatic nitrogens is 2. The topological polar surface area (TPSA) is 58.1 Å². The largest absolute Gasteiger partial charge is 0.350 e. The Labute approximate surface area is 158 Å². The summed E-state index contributed by atoms with van der Waals surface area (Å²) in [7, 11) is 0. The van der Waals surface area contributed by atoms with Gasteiger partial charge in [-0.3, -0.25) is 9.69 Å². The summed E-state index contributed by atoms with van der Waals surface area (Å²) < 4.78 is 0. The average Bonchev–Trinajstić information content (AvgIpc) is 3.39. The summed E-state index contributed by atoms with van der Waals surface area (Å²) in [5.74, 6) is 1.24. The van der Waals surface area contributed by atoms with Gasteiger partial charge in [-0.2, -0.15) is 0 Å². The van der Waals surface area contributed by atoms with Crippen molar-refractivity contribution in [2.45, 2.75) is 37.6 Å². The second kappa shape index (κ2) is 7.72. The minimum absolute atomic E-state index is 0.120. The molecule has 136 valence electrons. The fraction of sp³-hybridized carbons (Fsp3) is 0.450. The number of hydrogen-bond donors (Lipinski definition) is 1. The third kappa shape index (κ3) is 4.05. The summed E-state index contributed by atoms with van der Waals surface area (Å²) in [4.78, 5) is 23.6. The molecule has 2 aromatic rings. The van der Waals surface area contributed by atoms with Gasteiger partial charge in [0.05, 0.1) is 11.6 Å². The zero-order chi connectivity index (χ0) is 17.9. The van der Waals surface area contributed by atoms with Gasteiger partial charge in [0.1, 0.15) is 5.82 Å². The predicted octanol–water partition coefficient (Wildman–Crippen LogP) is 3.57. The Bertz CT molecular complexity index is 752. The first kappa shape index (κ1) is 17.4. The second-order valence-corrected chi connectivity index (χ2v) is 7.56. The molecule has 1 saturated carbocycles. The normalized spacial score (nSPS) is 18.7. The van der Waals surface area contributed by atoms with Crippen LogP contribution in [0.1, 0.15) is 59.4 Å². The standard InChI is InChI=1S/C20H23ClN4O/c21-17-7-5-14(6-8-17)18(25-9-1-2-10-25)13-24-20(26)16-11-22-19(23-12-16)15-3-4-15/h5-8,11-12,15,18H,1-4,9-10,13H2,(H,24,26)/t18-/m0/s1. The third-order valence-electron chi connectivity index (χ3n) is 5.17. The molecule has 1 aromatic heterocycles. The molecule has 1 aliphatic carbocycles. The van der Waals surface area contributed by atoms with Crippen LogP contribution in [0, 0.1) is 0 Å². The Balaban J connectivity index is 1.43. The van der Waals surface area contributed by atoms with Crippen LogP contribution in [-0.2, 0) is 0 Å². The van der Waals surface area contributed by atoms with Crippen LogP contribution < -0.4 is 5.32 Å². The van der Waals surface area contributed by atoms with E-state index in [1.54, 1.807) is 12.4 Å². The smallest absolute Gasteiger partial charge is 0.254 e. The number of nitrogens with one attached hydrogen (secondary N) is 1. The molecule has 5 nitrogen and oxygen atoms in total. The zero-order valence-corrected chi connectivity index (χ0v) is 15.5. The molecular weight excluding hydrogens is 348 g/mol. The third-order valence-corrected chi connectivity index (χ3v) is 5.42. The number of carbonyl (C=O) groups is 1. The van der Waals surface area contributed by atoms with Gasteiger partial charge in [-0.25, -0.2) is 9.97 Å². The van der Waals surface area contributed by atoms with Crippen LogP contribution in [0.25, 0.3) is 0 Å². The molecule has 26 heavy (non-hydrogen) atoms. The Morgan fingerprint density at radius 3 is 2.42 bits per heavy atom. The zero-order valence-electron chi connectivity index (χ0n) is 14.7. The fourth-order valence-electron chi connectivity index (χ4n) is 3.50. The predicted molar refractivity (Wildman–Crippen MR) is 101 cm³/mol. The summed E-state index contributed by atoms with van der Waals surface area (Å²) in [5, 5.41) is 3.79. The van der Waals surface area contributed by atoms with E-state index in [1.807, 2.05) is 24.3 Å². The highest BCUT2D eigenvalue weighted by Gasteiger charge is 2.27. The SMILES string of the molecule is O=C(NC[C@@H](c1ccc(Cl)cc1)N1CCCC1)c1cnc(C2CC2)nc1. The van der Waals surface area contributed by atoms with E-state index in [9.17, 15) is 4.79 Å². The van der Waals surface area contributed by atoms with Crippen molar-refractivity contribution >= 4 is 17.5 Å². The van der Waals surface area contributed by atoms with Gasteiger partial charge in [0.2, 0.25) is 0 Å². The highest BCUT2D eigenvalue weighted by molar-refractivity contribution is 6.30. The Morgan fingerprint density at radius 2 is 1.81 bits per heavy atom. The summed E-state index contributed by atoms with van der Waals surface area (Å²) in [5.41, 5.74) is 1.70. The van der Waals surface area contributed by atoms with E-state index in [1.165, 1.54) is 18.4 Å². The molecule has 1 saturated heterocycles. The monoisotopic (exact) mass is 370 g/mol. The van der Waals surface area contributed by atoms with Gasteiger partial charge in [-0.05, 0) is 56.5 Å². The number of carbonyl (C=O) groups excluding carboxylic acids is 1. The maximum Gasteiger partial charge on any atom is 0.254 e. The molecule has 0 spiro atoms. The summed E-state index contributed by atoms with van der Waals surface area (Å²) in [6.45, 7) is 2.68. The van der Waals surface area contributed by atoms with Gasteiger partial charge >= 0.3 is 0 Å². The van der Waals surface area contributed by atoms with E-state index >= 15 is 0 Å². The van der Waals surface area contributed by atoms with Gasteiger partial charge in [0, 0.05) is 29.9 Å². The lowest BCUT2D eigenvalue weighted by Crippen LogP contribution is -2.36. The van der Waals surface area contributed by atoms with Crippen molar-refractivity contribution in [2.24, 2.45) is 0 Å². The molecule has 1 amide bonds. The van der Waals surface area contributed by atoms with Gasteiger partial charge in [-0.1, -0.05) is 23.7 Å². The van der Waals surface area contributed by atoms with E-state index in [4.69, 9.17) is 11.6 Å². The van der Waals surface area contributed by atoms with Crippen LogP contribution in [0.3, 0.4) is 0 Å². The van der Waals surface area contributed by atoms with Crippen LogP contribution in [-0.4, -0.2) is 40.4 Å². The molecule has 1 atom stereocenters. The van der Waals surface area contributed by atoms with Crippen LogP contribution in [0.4, 0.5) is 0 Å². The van der Waals surface area contributed by atoms with Crippen LogP contribution in [0.15, 0.2) is 36.7 Å². The number of halogens is 1. The molecule has 4 rings (SSSR count). The average molecular weight is 371 g/mol. The quantitative estimate of drug-likeness (QED) is 0.844. The number of nitrogens with zero attached hydrogens (tertiary/aromatic N) is 3. The molecule has 6 heteroatoms. The molecule has 0 radical (unpaired) electrons. The molecule has 2 fully saturated rings. The molecule has 1 N–H and O–H groups in total. The highest BCUT2D eigenvalue weighted by Crippen LogP contribution is 2.37. The summed E-state index contributed by atoms with van der Waals surface area (Å²) in [6.07, 6.45) is 8.00.